The van der Waals surface area contributed by atoms with Gasteiger partial charge in [0.2, 0.25) is 5.91 Å². The summed E-state index contributed by atoms with van der Waals surface area (Å²) < 4.78 is 0. The molecule has 1 aliphatic heterocycles. The van der Waals surface area contributed by atoms with E-state index in [1.54, 1.807) is 0 Å². The highest BCUT2D eigenvalue weighted by molar-refractivity contribution is 5.85. The predicted molar refractivity (Wildman–Crippen MR) is 77.2 cm³/mol. The van der Waals surface area contributed by atoms with Crippen LogP contribution in [0.3, 0.4) is 0 Å². The number of halogens is 1. The molecule has 4 saturated carbocycles. The molecule has 5 rings (SSSR count). The summed E-state index contributed by atoms with van der Waals surface area (Å²) in [7, 11) is 0. The van der Waals surface area contributed by atoms with Crippen molar-refractivity contribution in [2.24, 2.45) is 29.6 Å². The van der Waals surface area contributed by atoms with Crippen LogP contribution in [0.2, 0.25) is 0 Å². The molecule has 3 nitrogen and oxygen atoms in total. The van der Waals surface area contributed by atoms with E-state index in [0.29, 0.717) is 11.9 Å². The molecule has 5 aliphatic rings. The van der Waals surface area contributed by atoms with E-state index in [4.69, 9.17) is 0 Å². The fourth-order valence-corrected chi connectivity index (χ4v) is 5.32. The number of carbonyl (C=O) groups is 1. The zero-order valence-corrected chi connectivity index (χ0v) is 12.3. The predicted octanol–water partition coefficient (Wildman–Crippen LogP) is 1.96. The van der Waals surface area contributed by atoms with E-state index < -0.39 is 0 Å². The smallest absolute Gasteiger partial charge is 0.224 e. The highest BCUT2D eigenvalue weighted by Gasteiger charge is 2.48. The fraction of sp³-hybridized carbons (Fsp3) is 0.933. The quantitative estimate of drug-likeness (QED) is 0.814. The molecule has 1 amide bonds. The van der Waals surface area contributed by atoms with Crippen LogP contribution in [0.1, 0.15) is 38.5 Å². The molecule has 4 aliphatic carbocycles. The Morgan fingerprint density at radius 3 is 2.16 bits per heavy atom. The normalized spacial score (nSPS) is 46.9. The summed E-state index contributed by atoms with van der Waals surface area (Å²) in [6.07, 6.45) is 8.07. The lowest BCUT2D eigenvalue weighted by Crippen LogP contribution is -2.56. The van der Waals surface area contributed by atoms with Gasteiger partial charge in [-0.2, -0.15) is 0 Å². The molecule has 19 heavy (non-hydrogen) atoms. The maximum Gasteiger partial charge on any atom is 0.224 e. The van der Waals surface area contributed by atoms with Crippen LogP contribution in [0.4, 0.5) is 0 Å². The number of carbonyl (C=O) groups excluding carboxylic acids is 1. The Labute approximate surface area is 121 Å². The van der Waals surface area contributed by atoms with Crippen molar-refractivity contribution in [3.63, 3.8) is 0 Å². The lowest BCUT2D eigenvalue weighted by molar-refractivity contribution is -0.128. The van der Waals surface area contributed by atoms with Crippen LogP contribution < -0.4 is 10.6 Å². The van der Waals surface area contributed by atoms with Gasteiger partial charge in [-0.25, -0.2) is 0 Å². The minimum absolute atomic E-state index is 0. The first kappa shape index (κ1) is 13.7. The first-order valence-electron chi connectivity index (χ1n) is 7.80. The van der Waals surface area contributed by atoms with Crippen LogP contribution in [0.15, 0.2) is 0 Å². The van der Waals surface area contributed by atoms with Gasteiger partial charge < -0.3 is 10.6 Å². The van der Waals surface area contributed by atoms with Crippen molar-refractivity contribution in [1.29, 1.82) is 0 Å². The second kappa shape index (κ2) is 5.25. The standard InChI is InChI=1S/C15H24N2O.ClH/c18-15(11-1-2-16-8-11)17-14-12-4-9-3-10(6-12)7-13(14)5-9;/h9-14,16H,1-8H2,(H,17,18);1H. The summed E-state index contributed by atoms with van der Waals surface area (Å²) in [4.78, 5) is 12.3. The molecule has 1 heterocycles. The maximum absolute atomic E-state index is 12.3. The summed E-state index contributed by atoms with van der Waals surface area (Å²) >= 11 is 0. The van der Waals surface area contributed by atoms with Crippen molar-refractivity contribution in [2.45, 2.75) is 44.6 Å². The third-order valence-electron chi connectivity index (χ3n) is 5.97. The minimum atomic E-state index is 0. The van der Waals surface area contributed by atoms with Crippen LogP contribution in [-0.4, -0.2) is 25.0 Å². The average molecular weight is 285 g/mol. The zero-order chi connectivity index (χ0) is 12.1. The molecular formula is C15H25ClN2O. The average Bonchev–Trinajstić information content (AvgIpc) is 2.86. The lowest BCUT2D eigenvalue weighted by Gasteiger charge is -2.54. The second-order valence-corrected chi connectivity index (χ2v) is 7.15. The van der Waals surface area contributed by atoms with E-state index in [1.165, 1.54) is 32.1 Å². The number of amides is 1. The number of nitrogens with one attached hydrogen (secondary N) is 2. The van der Waals surface area contributed by atoms with Crippen molar-refractivity contribution in [1.82, 2.24) is 10.6 Å². The van der Waals surface area contributed by atoms with E-state index in [0.717, 1.165) is 43.2 Å². The minimum Gasteiger partial charge on any atom is -0.353 e. The Bertz CT molecular complexity index is 326. The van der Waals surface area contributed by atoms with Crippen LogP contribution in [-0.2, 0) is 4.79 Å². The molecule has 0 radical (unpaired) electrons. The van der Waals surface area contributed by atoms with Gasteiger partial charge in [0.15, 0.2) is 0 Å². The Balaban J connectivity index is 0.00000110. The lowest BCUT2D eigenvalue weighted by atomic mass is 9.54. The molecule has 5 fully saturated rings. The molecule has 2 N–H and O–H groups in total. The van der Waals surface area contributed by atoms with E-state index in [9.17, 15) is 4.79 Å². The number of rotatable bonds is 2. The SMILES string of the molecule is Cl.O=C(NC1C2CC3CC(C2)CC1C3)C1CCNC1. The van der Waals surface area contributed by atoms with E-state index in [2.05, 4.69) is 10.6 Å². The van der Waals surface area contributed by atoms with Crippen molar-refractivity contribution in [3.8, 4) is 0 Å². The van der Waals surface area contributed by atoms with Gasteiger partial charge in [0.25, 0.3) is 0 Å². The van der Waals surface area contributed by atoms with Gasteiger partial charge >= 0.3 is 0 Å². The zero-order valence-electron chi connectivity index (χ0n) is 11.4. The molecule has 0 aromatic heterocycles. The van der Waals surface area contributed by atoms with Crippen LogP contribution in [0.5, 0.6) is 0 Å². The second-order valence-electron chi connectivity index (χ2n) is 7.15. The molecule has 0 aromatic rings. The van der Waals surface area contributed by atoms with Gasteiger partial charge in [-0.05, 0) is 68.7 Å². The first-order valence-corrected chi connectivity index (χ1v) is 7.80. The molecule has 108 valence electrons. The molecule has 4 bridgehead atoms. The van der Waals surface area contributed by atoms with Gasteiger partial charge in [-0.15, -0.1) is 12.4 Å². The van der Waals surface area contributed by atoms with E-state index in [1.807, 2.05) is 0 Å². The van der Waals surface area contributed by atoms with Gasteiger partial charge in [0, 0.05) is 12.6 Å². The van der Waals surface area contributed by atoms with Gasteiger partial charge in [-0.1, -0.05) is 0 Å². The Hall–Kier alpha value is -0.280. The monoisotopic (exact) mass is 284 g/mol. The molecule has 1 atom stereocenters. The Kier molecular flexibility index (Phi) is 3.78. The summed E-state index contributed by atoms with van der Waals surface area (Å²) in [5.74, 6) is 4.17. The van der Waals surface area contributed by atoms with E-state index >= 15 is 0 Å². The number of hydrogen-bond acceptors (Lipinski definition) is 2. The Morgan fingerprint density at radius 1 is 1.00 bits per heavy atom. The summed E-state index contributed by atoms with van der Waals surface area (Å²) in [6, 6.07) is 0.519. The Morgan fingerprint density at radius 2 is 1.63 bits per heavy atom. The molecule has 0 spiro atoms. The van der Waals surface area contributed by atoms with Crippen molar-refractivity contribution < 1.29 is 4.79 Å². The van der Waals surface area contributed by atoms with Gasteiger partial charge in [-0.3, -0.25) is 4.79 Å². The van der Waals surface area contributed by atoms with Crippen LogP contribution in [0, 0.1) is 29.6 Å². The van der Waals surface area contributed by atoms with Crippen molar-refractivity contribution in [3.05, 3.63) is 0 Å². The first-order chi connectivity index (χ1) is 8.79. The maximum atomic E-state index is 12.3. The molecule has 1 unspecified atom stereocenters. The highest BCUT2D eigenvalue weighted by atomic mass is 35.5. The topological polar surface area (TPSA) is 41.1 Å². The van der Waals surface area contributed by atoms with Gasteiger partial charge in [0.1, 0.15) is 0 Å². The highest BCUT2D eigenvalue weighted by Crippen LogP contribution is 2.53. The number of hydrogen-bond donors (Lipinski definition) is 2. The summed E-state index contributed by atoms with van der Waals surface area (Å²) in [5.41, 5.74) is 0. The molecule has 0 aromatic carbocycles. The largest absolute Gasteiger partial charge is 0.353 e. The summed E-state index contributed by atoms with van der Waals surface area (Å²) in [6.45, 7) is 1.90. The molecule has 1 saturated heterocycles. The van der Waals surface area contributed by atoms with Crippen molar-refractivity contribution in [2.75, 3.05) is 13.1 Å². The fourth-order valence-electron chi connectivity index (χ4n) is 5.32. The van der Waals surface area contributed by atoms with Crippen molar-refractivity contribution >= 4 is 18.3 Å². The third-order valence-corrected chi connectivity index (χ3v) is 5.97. The third kappa shape index (κ3) is 2.40. The molecular weight excluding hydrogens is 260 g/mol. The summed E-state index contributed by atoms with van der Waals surface area (Å²) in [5, 5.41) is 6.72. The van der Waals surface area contributed by atoms with Crippen LogP contribution >= 0.6 is 12.4 Å². The van der Waals surface area contributed by atoms with Crippen LogP contribution in [0.25, 0.3) is 0 Å². The van der Waals surface area contributed by atoms with Gasteiger partial charge in [0.05, 0.1) is 5.92 Å². The molecule has 4 heteroatoms. The van der Waals surface area contributed by atoms with E-state index in [-0.39, 0.29) is 18.3 Å².